The summed E-state index contributed by atoms with van der Waals surface area (Å²) in [4.78, 5) is 5.06. The third kappa shape index (κ3) is 4.41. The standard InChI is InChI=1S/C21H24N2S/c1-16-10-17(2)12-20(11-16)24-21-7-6-18(14-22)13-19(21)15-23-8-4-3-5-9-23/h6-7,10-13H,3-5,8-9,15H2,1-2H3. The van der Waals surface area contributed by atoms with Gasteiger partial charge >= 0.3 is 0 Å². The largest absolute Gasteiger partial charge is 0.299 e. The molecule has 0 amide bonds. The Kier molecular flexibility index (Phi) is 5.60. The monoisotopic (exact) mass is 336 g/mol. The van der Waals surface area contributed by atoms with Gasteiger partial charge in [-0.25, -0.2) is 0 Å². The Morgan fingerprint density at radius 3 is 2.38 bits per heavy atom. The van der Waals surface area contributed by atoms with Gasteiger partial charge in [0.15, 0.2) is 0 Å². The normalized spacial score (nSPS) is 15.2. The second kappa shape index (κ2) is 7.88. The van der Waals surface area contributed by atoms with Gasteiger partial charge in [0.25, 0.3) is 0 Å². The van der Waals surface area contributed by atoms with Gasteiger partial charge in [0.1, 0.15) is 0 Å². The predicted molar refractivity (Wildman–Crippen MR) is 100 cm³/mol. The Hall–Kier alpha value is -1.76. The molecule has 1 saturated heterocycles. The number of nitriles is 1. The molecule has 0 bridgehead atoms. The molecule has 24 heavy (non-hydrogen) atoms. The van der Waals surface area contributed by atoms with E-state index in [2.05, 4.69) is 55.1 Å². The van der Waals surface area contributed by atoms with Crippen LogP contribution in [0.5, 0.6) is 0 Å². The van der Waals surface area contributed by atoms with Crippen LogP contribution in [0.2, 0.25) is 0 Å². The van der Waals surface area contributed by atoms with Crippen LogP contribution in [0, 0.1) is 25.2 Å². The maximum atomic E-state index is 9.25. The van der Waals surface area contributed by atoms with Gasteiger partial charge in [-0.15, -0.1) is 0 Å². The molecular weight excluding hydrogens is 312 g/mol. The van der Waals surface area contributed by atoms with Crippen LogP contribution in [-0.4, -0.2) is 18.0 Å². The van der Waals surface area contributed by atoms with Crippen molar-refractivity contribution in [3.63, 3.8) is 0 Å². The van der Waals surface area contributed by atoms with Crippen molar-refractivity contribution in [1.82, 2.24) is 4.90 Å². The molecule has 1 heterocycles. The minimum absolute atomic E-state index is 0.756. The van der Waals surface area contributed by atoms with Crippen LogP contribution >= 0.6 is 11.8 Å². The fraction of sp³-hybridized carbons (Fsp3) is 0.381. The van der Waals surface area contributed by atoms with E-state index in [1.54, 1.807) is 0 Å². The van der Waals surface area contributed by atoms with Crippen molar-refractivity contribution in [1.29, 1.82) is 5.26 Å². The van der Waals surface area contributed by atoms with Gasteiger partial charge in [-0.1, -0.05) is 24.2 Å². The highest BCUT2D eigenvalue weighted by atomic mass is 32.2. The quantitative estimate of drug-likeness (QED) is 0.757. The second-order valence-corrected chi connectivity index (χ2v) is 7.81. The molecule has 1 fully saturated rings. The Bertz CT molecular complexity index is 735. The lowest BCUT2D eigenvalue weighted by Crippen LogP contribution is -2.29. The number of hydrogen-bond donors (Lipinski definition) is 0. The number of hydrogen-bond acceptors (Lipinski definition) is 3. The predicted octanol–water partition coefficient (Wildman–Crippen LogP) is 5.31. The molecule has 0 saturated carbocycles. The molecule has 1 aliphatic heterocycles. The van der Waals surface area contributed by atoms with Gasteiger partial charge < -0.3 is 0 Å². The zero-order valence-electron chi connectivity index (χ0n) is 14.5. The molecule has 2 nitrogen and oxygen atoms in total. The van der Waals surface area contributed by atoms with Crippen molar-refractivity contribution in [2.24, 2.45) is 0 Å². The Balaban J connectivity index is 1.86. The molecule has 0 radical (unpaired) electrons. The number of likely N-dealkylation sites (tertiary alicyclic amines) is 1. The summed E-state index contributed by atoms with van der Waals surface area (Å²) < 4.78 is 0. The molecule has 0 spiro atoms. The van der Waals surface area contributed by atoms with E-state index >= 15 is 0 Å². The van der Waals surface area contributed by atoms with E-state index in [-0.39, 0.29) is 0 Å². The summed E-state index contributed by atoms with van der Waals surface area (Å²) in [5.74, 6) is 0. The number of rotatable bonds is 4. The van der Waals surface area contributed by atoms with E-state index in [1.165, 1.54) is 58.8 Å². The first-order valence-corrected chi connectivity index (χ1v) is 9.47. The highest BCUT2D eigenvalue weighted by Crippen LogP contribution is 2.33. The SMILES string of the molecule is Cc1cc(C)cc(Sc2ccc(C#N)cc2CN2CCCCC2)c1. The van der Waals surface area contributed by atoms with Crippen molar-refractivity contribution in [2.45, 2.75) is 49.4 Å². The molecular formula is C21H24N2S. The van der Waals surface area contributed by atoms with E-state index in [4.69, 9.17) is 0 Å². The number of nitrogens with zero attached hydrogens (tertiary/aromatic N) is 2. The Morgan fingerprint density at radius 1 is 1.00 bits per heavy atom. The van der Waals surface area contributed by atoms with Crippen LogP contribution in [0.25, 0.3) is 0 Å². The lowest BCUT2D eigenvalue weighted by Gasteiger charge is -2.27. The van der Waals surface area contributed by atoms with Crippen LogP contribution in [-0.2, 0) is 6.54 Å². The molecule has 0 atom stereocenters. The maximum absolute atomic E-state index is 9.25. The summed E-state index contributed by atoms with van der Waals surface area (Å²) in [5, 5.41) is 9.25. The molecule has 2 aromatic carbocycles. The van der Waals surface area contributed by atoms with Crippen molar-refractivity contribution in [2.75, 3.05) is 13.1 Å². The summed E-state index contributed by atoms with van der Waals surface area (Å²) in [7, 11) is 0. The van der Waals surface area contributed by atoms with E-state index in [0.717, 1.165) is 12.1 Å². The number of benzene rings is 2. The second-order valence-electron chi connectivity index (χ2n) is 6.70. The van der Waals surface area contributed by atoms with E-state index in [1.807, 2.05) is 17.8 Å². The van der Waals surface area contributed by atoms with Gasteiger partial charge in [-0.2, -0.15) is 5.26 Å². The topological polar surface area (TPSA) is 27.0 Å². The van der Waals surface area contributed by atoms with Crippen molar-refractivity contribution in [3.8, 4) is 6.07 Å². The van der Waals surface area contributed by atoms with Crippen LogP contribution < -0.4 is 0 Å². The fourth-order valence-corrected chi connectivity index (χ4v) is 4.48. The smallest absolute Gasteiger partial charge is 0.0991 e. The zero-order chi connectivity index (χ0) is 16.9. The van der Waals surface area contributed by atoms with Gasteiger partial charge in [-0.05, 0) is 86.8 Å². The molecule has 0 N–H and O–H groups in total. The molecule has 0 aromatic heterocycles. The van der Waals surface area contributed by atoms with Crippen molar-refractivity contribution < 1.29 is 0 Å². The Labute approximate surface area is 149 Å². The molecule has 3 heteroatoms. The molecule has 2 aromatic rings. The minimum atomic E-state index is 0.756. The van der Waals surface area contributed by atoms with E-state index in [9.17, 15) is 5.26 Å². The fourth-order valence-electron chi connectivity index (χ4n) is 3.35. The maximum Gasteiger partial charge on any atom is 0.0991 e. The summed E-state index contributed by atoms with van der Waals surface area (Å²) in [6.07, 6.45) is 3.92. The molecule has 1 aliphatic rings. The average Bonchev–Trinajstić information content (AvgIpc) is 2.56. The Morgan fingerprint density at radius 2 is 1.71 bits per heavy atom. The summed E-state index contributed by atoms with van der Waals surface area (Å²) in [6.45, 7) is 7.58. The van der Waals surface area contributed by atoms with Gasteiger partial charge in [0, 0.05) is 16.3 Å². The van der Waals surface area contributed by atoms with Crippen molar-refractivity contribution >= 4 is 11.8 Å². The first kappa shape index (κ1) is 17.1. The minimum Gasteiger partial charge on any atom is -0.299 e. The first-order valence-electron chi connectivity index (χ1n) is 8.65. The summed E-state index contributed by atoms with van der Waals surface area (Å²) >= 11 is 1.81. The van der Waals surface area contributed by atoms with Crippen LogP contribution in [0.15, 0.2) is 46.2 Å². The van der Waals surface area contributed by atoms with Gasteiger partial charge in [0.05, 0.1) is 11.6 Å². The van der Waals surface area contributed by atoms with E-state index < -0.39 is 0 Å². The highest BCUT2D eigenvalue weighted by molar-refractivity contribution is 7.99. The third-order valence-corrected chi connectivity index (χ3v) is 5.54. The van der Waals surface area contributed by atoms with Gasteiger partial charge in [-0.3, -0.25) is 4.90 Å². The van der Waals surface area contributed by atoms with Gasteiger partial charge in [0.2, 0.25) is 0 Å². The molecule has 124 valence electrons. The zero-order valence-corrected chi connectivity index (χ0v) is 15.3. The molecule has 3 rings (SSSR count). The molecule has 0 aliphatic carbocycles. The average molecular weight is 337 g/mol. The van der Waals surface area contributed by atoms with E-state index in [0.29, 0.717) is 0 Å². The van der Waals surface area contributed by atoms with Crippen LogP contribution in [0.3, 0.4) is 0 Å². The first-order chi connectivity index (χ1) is 11.6. The van der Waals surface area contributed by atoms with Crippen LogP contribution in [0.4, 0.5) is 0 Å². The highest BCUT2D eigenvalue weighted by Gasteiger charge is 2.14. The third-order valence-electron chi connectivity index (χ3n) is 4.46. The lowest BCUT2D eigenvalue weighted by molar-refractivity contribution is 0.219. The summed E-state index contributed by atoms with van der Waals surface area (Å²) in [5.41, 5.74) is 4.62. The van der Waals surface area contributed by atoms with Crippen LogP contribution in [0.1, 0.15) is 41.5 Å². The van der Waals surface area contributed by atoms with Crippen molar-refractivity contribution in [3.05, 3.63) is 58.7 Å². The number of aryl methyl sites for hydroxylation is 2. The summed E-state index contributed by atoms with van der Waals surface area (Å²) in [6, 6.07) is 15.1. The number of piperidine rings is 1. The lowest BCUT2D eigenvalue weighted by atomic mass is 10.1. The molecule has 0 unspecified atom stereocenters.